The Morgan fingerprint density at radius 1 is 1.47 bits per heavy atom. The molecule has 3 aliphatic rings. The fourth-order valence-corrected chi connectivity index (χ4v) is 7.28. The Kier molecular flexibility index (Phi) is 7.06. The summed E-state index contributed by atoms with van der Waals surface area (Å²) in [7, 11) is -1.96. The molecule has 4 heterocycles. The summed E-state index contributed by atoms with van der Waals surface area (Å²) in [6.07, 6.45) is 2.85. The molecule has 4 N–H and O–H groups in total. The number of rotatable bonds is 10. The standard InChI is InChI=1S/C20H30N6O6S2/c1-10-16-15(11(2)25-8-13(9-32-3)23-24-25)19(27)26(16)17(20(28)29)18(10)33-14-6-12(22-7-14)4-5-34(21,30)31/h8,10-12,14-16,22H,4-7,9H2,1-3H3,(H,28,29)(H2,21,30,31)/t10-,11-,12-,14+,15-,16-/m1/s1. The minimum absolute atomic E-state index is 0.00135. The summed E-state index contributed by atoms with van der Waals surface area (Å²) in [6, 6.07) is -0.551. The molecule has 1 aromatic rings. The third-order valence-corrected chi connectivity index (χ3v) is 9.12. The van der Waals surface area contributed by atoms with Gasteiger partial charge in [-0.25, -0.2) is 23.0 Å². The molecular formula is C20H30N6O6S2. The van der Waals surface area contributed by atoms with Crippen LogP contribution in [0.4, 0.5) is 0 Å². The first-order chi connectivity index (χ1) is 16.0. The molecule has 4 rings (SSSR count). The number of β-lactam (4-membered cyclic amide) rings is 1. The number of nitrogens with one attached hydrogen (secondary N) is 1. The third-order valence-electron chi connectivity index (χ3n) is 6.80. The van der Waals surface area contributed by atoms with E-state index in [9.17, 15) is 23.1 Å². The van der Waals surface area contributed by atoms with E-state index in [0.29, 0.717) is 36.6 Å². The van der Waals surface area contributed by atoms with Crippen molar-refractivity contribution in [2.45, 2.75) is 56.7 Å². The molecule has 0 saturated carbocycles. The zero-order valence-corrected chi connectivity index (χ0v) is 20.9. The number of nitrogens with zero attached hydrogens (tertiary/aromatic N) is 4. The first-order valence-corrected chi connectivity index (χ1v) is 13.7. The summed E-state index contributed by atoms with van der Waals surface area (Å²) in [5.74, 6) is -2.00. The predicted molar refractivity (Wildman–Crippen MR) is 124 cm³/mol. The first-order valence-electron chi connectivity index (χ1n) is 11.1. The van der Waals surface area contributed by atoms with Gasteiger partial charge in [0.2, 0.25) is 15.9 Å². The molecule has 14 heteroatoms. The van der Waals surface area contributed by atoms with Gasteiger partial charge in [0.05, 0.1) is 36.6 Å². The number of nitrogens with two attached hydrogens (primary N) is 1. The highest BCUT2D eigenvalue weighted by Crippen LogP contribution is 2.53. The molecule has 2 fully saturated rings. The van der Waals surface area contributed by atoms with Gasteiger partial charge in [0.15, 0.2) is 0 Å². The Bertz CT molecular complexity index is 1100. The van der Waals surface area contributed by atoms with Crippen LogP contribution in [0.2, 0.25) is 0 Å². The van der Waals surface area contributed by atoms with Gasteiger partial charge in [0.1, 0.15) is 11.4 Å². The zero-order chi connectivity index (χ0) is 24.8. The number of carbonyl (C=O) groups is 2. The largest absolute Gasteiger partial charge is 0.477 e. The number of carboxylic acids is 1. The number of aromatic nitrogens is 3. The number of hydrogen-bond donors (Lipinski definition) is 3. The van der Waals surface area contributed by atoms with E-state index >= 15 is 0 Å². The van der Waals surface area contributed by atoms with Gasteiger partial charge in [-0.1, -0.05) is 12.1 Å². The maximum atomic E-state index is 13.1. The number of amides is 1. The Balaban J connectivity index is 1.47. The van der Waals surface area contributed by atoms with Crippen LogP contribution in [-0.2, 0) is 31.0 Å². The van der Waals surface area contributed by atoms with E-state index in [-0.39, 0.29) is 46.7 Å². The second-order valence-electron chi connectivity index (χ2n) is 9.13. The molecule has 34 heavy (non-hydrogen) atoms. The molecular weight excluding hydrogens is 484 g/mol. The average molecular weight is 515 g/mol. The molecule has 0 spiro atoms. The van der Waals surface area contributed by atoms with E-state index in [1.165, 1.54) is 16.7 Å². The molecule has 0 radical (unpaired) electrons. The van der Waals surface area contributed by atoms with E-state index in [1.807, 2.05) is 13.8 Å². The summed E-state index contributed by atoms with van der Waals surface area (Å²) < 4.78 is 29.2. The Morgan fingerprint density at radius 2 is 2.21 bits per heavy atom. The van der Waals surface area contributed by atoms with E-state index in [2.05, 4.69) is 15.6 Å². The van der Waals surface area contributed by atoms with Gasteiger partial charge in [-0.2, -0.15) is 0 Å². The molecule has 6 atom stereocenters. The highest BCUT2D eigenvalue weighted by molar-refractivity contribution is 8.03. The smallest absolute Gasteiger partial charge is 0.353 e. The summed E-state index contributed by atoms with van der Waals surface area (Å²) in [4.78, 5) is 27.4. The van der Waals surface area contributed by atoms with Crippen molar-refractivity contribution in [3.8, 4) is 0 Å². The quantitative estimate of drug-likeness (QED) is 0.358. The Labute approximate surface area is 202 Å². The van der Waals surface area contributed by atoms with Crippen molar-refractivity contribution in [3.05, 3.63) is 22.5 Å². The van der Waals surface area contributed by atoms with Crippen molar-refractivity contribution in [1.82, 2.24) is 25.2 Å². The number of sulfonamides is 1. The Morgan fingerprint density at radius 3 is 2.85 bits per heavy atom. The summed E-state index contributed by atoms with van der Waals surface area (Å²) in [5, 5.41) is 26.6. The fraction of sp³-hybridized carbons (Fsp3) is 0.700. The van der Waals surface area contributed by atoms with Gasteiger partial charge in [-0.3, -0.25) is 4.79 Å². The molecule has 2 saturated heterocycles. The van der Waals surface area contributed by atoms with Crippen LogP contribution < -0.4 is 10.5 Å². The lowest BCUT2D eigenvalue weighted by Crippen LogP contribution is -2.62. The number of methoxy groups -OCH3 is 1. The maximum Gasteiger partial charge on any atom is 0.353 e. The monoisotopic (exact) mass is 514 g/mol. The summed E-state index contributed by atoms with van der Waals surface area (Å²) in [5.41, 5.74) is 0.714. The van der Waals surface area contributed by atoms with Gasteiger partial charge in [0.25, 0.3) is 0 Å². The lowest BCUT2D eigenvalue weighted by Gasteiger charge is -2.47. The van der Waals surface area contributed by atoms with Gasteiger partial charge < -0.3 is 20.1 Å². The van der Waals surface area contributed by atoms with Crippen LogP contribution in [0.1, 0.15) is 38.4 Å². The highest BCUT2D eigenvalue weighted by atomic mass is 32.2. The first kappa shape index (κ1) is 25.1. The topological polar surface area (TPSA) is 170 Å². The second kappa shape index (κ2) is 9.57. The molecule has 0 aliphatic carbocycles. The number of hydrogen-bond acceptors (Lipinski definition) is 9. The fourth-order valence-electron chi connectivity index (χ4n) is 5.15. The molecule has 12 nitrogen and oxygen atoms in total. The minimum Gasteiger partial charge on any atom is -0.477 e. The number of ether oxygens (including phenoxy) is 1. The van der Waals surface area contributed by atoms with Crippen LogP contribution >= 0.6 is 11.8 Å². The van der Waals surface area contributed by atoms with Crippen LogP contribution in [0.15, 0.2) is 16.8 Å². The van der Waals surface area contributed by atoms with Gasteiger partial charge >= 0.3 is 5.97 Å². The van der Waals surface area contributed by atoms with Crippen LogP contribution in [0.3, 0.4) is 0 Å². The highest BCUT2D eigenvalue weighted by Gasteiger charge is 2.60. The average Bonchev–Trinajstić information content (AvgIpc) is 3.45. The lowest BCUT2D eigenvalue weighted by atomic mass is 9.78. The molecule has 3 aliphatic heterocycles. The third kappa shape index (κ3) is 4.73. The van der Waals surface area contributed by atoms with Crippen LogP contribution in [0.25, 0.3) is 0 Å². The SMILES string of the molecule is COCc1cn([C@H](C)[C@H]2C(=O)N3C(C(=O)O)=C(S[C@@H]4CN[C@H](CCS(N)(=O)=O)C4)[C@H](C)[C@H]23)nn1. The minimum atomic E-state index is -3.53. The van der Waals surface area contributed by atoms with E-state index in [0.717, 1.165) is 0 Å². The zero-order valence-electron chi connectivity index (χ0n) is 19.2. The normalized spacial score (nSPS) is 29.9. The number of primary sulfonamides is 1. The van der Waals surface area contributed by atoms with Crippen LogP contribution in [-0.4, -0.2) is 82.0 Å². The number of fused-ring (bicyclic) bond motifs is 1. The lowest BCUT2D eigenvalue weighted by molar-refractivity contribution is -0.159. The Hall–Kier alpha value is -2.00. The summed E-state index contributed by atoms with van der Waals surface area (Å²) in [6.45, 7) is 4.79. The van der Waals surface area contributed by atoms with E-state index in [4.69, 9.17) is 9.88 Å². The van der Waals surface area contributed by atoms with E-state index in [1.54, 1.807) is 18.0 Å². The van der Waals surface area contributed by atoms with Crippen molar-refractivity contribution in [3.63, 3.8) is 0 Å². The van der Waals surface area contributed by atoms with Gasteiger partial charge in [0, 0.05) is 35.8 Å². The van der Waals surface area contributed by atoms with Gasteiger partial charge in [-0.05, 0) is 19.8 Å². The second-order valence-corrected chi connectivity index (χ2v) is 12.2. The molecule has 0 unspecified atom stereocenters. The van der Waals surface area contributed by atoms with Crippen molar-refractivity contribution in [2.75, 3.05) is 19.4 Å². The van der Waals surface area contributed by atoms with Crippen molar-refractivity contribution in [1.29, 1.82) is 0 Å². The number of carboxylic acid groups (broad SMARTS) is 1. The number of thioether (sulfide) groups is 1. The maximum absolute atomic E-state index is 13.1. The molecule has 188 valence electrons. The number of aliphatic carboxylic acids is 1. The van der Waals surface area contributed by atoms with Crippen molar-refractivity contribution in [2.24, 2.45) is 17.0 Å². The van der Waals surface area contributed by atoms with Gasteiger partial charge in [-0.15, -0.1) is 16.9 Å². The molecule has 1 aromatic heterocycles. The van der Waals surface area contributed by atoms with E-state index < -0.39 is 21.9 Å². The molecule has 1 amide bonds. The van der Waals surface area contributed by atoms with Crippen LogP contribution in [0, 0.1) is 11.8 Å². The number of carbonyl (C=O) groups excluding carboxylic acids is 1. The molecule has 0 bridgehead atoms. The molecule has 0 aromatic carbocycles. The van der Waals surface area contributed by atoms with Crippen molar-refractivity contribution >= 4 is 33.7 Å². The predicted octanol–water partition coefficient (Wildman–Crippen LogP) is -0.0993. The van der Waals surface area contributed by atoms with Crippen molar-refractivity contribution < 1.29 is 27.9 Å². The van der Waals surface area contributed by atoms with Crippen LogP contribution in [0.5, 0.6) is 0 Å². The summed E-state index contributed by atoms with van der Waals surface area (Å²) >= 11 is 1.48.